The van der Waals surface area contributed by atoms with Crippen LogP contribution in [0.1, 0.15) is 5.56 Å². The van der Waals surface area contributed by atoms with Gasteiger partial charge in [0.05, 0.1) is 32.1 Å². The van der Waals surface area contributed by atoms with Crippen LogP contribution >= 0.6 is 0 Å². The number of hydrogen-bond acceptors (Lipinski definition) is 5. The number of anilines is 1. The Hall–Kier alpha value is -2.69. The highest BCUT2D eigenvalue weighted by atomic mass is 16.5. The summed E-state index contributed by atoms with van der Waals surface area (Å²) in [5, 5.41) is 15.9. The van der Waals surface area contributed by atoms with Crippen LogP contribution in [-0.2, 0) is 0 Å². The van der Waals surface area contributed by atoms with Crippen molar-refractivity contribution in [3.63, 3.8) is 0 Å². The Kier molecular flexibility index (Phi) is 4.66. The molecule has 0 amide bonds. The van der Waals surface area contributed by atoms with E-state index in [0.29, 0.717) is 0 Å². The number of piperazine rings is 1. The molecule has 1 heterocycles. The van der Waals surface area contributed by atoms with Crippen molar-refractivity contribution in [3.8, 4) is 11.5 Å². The molecule has 0 atom stereocenters. The van der Waals surface area contributed by atoms with E-state index in [9.17, 15) is 5.11 Å². The van der Waals surface area contributed by atoms with E-state index < -0.39 is 0 Å². The van der Waals surface area contributed by atoms with Crippen LogP contribution in [0, 0.1) is 0 Å². The number of phenolic OH excluding ortho intramolecular Hbond substituents is 1. The minimum atomic E-state index is 0.271. The molecule has 120 valence electrons. The summed E-state index contributed by atoms with van der Waals surface area (Å²) in [5.74, 6) is 1.18. The van der Waals surface area contributed by atoms with Crippen molar-refractivity contribution >= 4 is 11.9 Å². The van der Waals surface area contributed by atoms with Gasteiger partial charge in [-0.1, -0.05) is 12.1 Å². The minimum absolute atomic E-state index is 0.271. The predicted molar refractivity (Wildman–Crippen MR) is 92.5 cm³/mol. The highest BCUT2D eigenvalue weighted by Crippen LogP contribution is 2.28. The fraction of sp³-hybridized carbons (Fsp3) is 0.278. The van der Waals surface area contributed by atoms with Gasteiger partial charge in [-0.25, -0.2) is 0 Å². The van der Waals surface area contributed by atoms with Gasteiger partial charge in [-0.2, -0.15) is 5.10 Å². The highest BCUT2D eigenvalue weighted by molar-refractivity contribution is 5.79. The zero-order valence-electron chi connectivity index (χ0n) is 13.2. The molecule has 23 heavy (non-hydrogen) atoms. The maximum absolute atomic E-state index is 9.28. The van der Waals surface area contributed by atoms with Crippen LogP contribution in [0.3, 0.4) is 0 Å². The number of hydrogen-bond donors (Lipinski definition) is 1. The fourth-order valence-electron chi connectivity index (χ4n) is 2.65. The summed E-state index contributed by atoms with van der Waals surface area (Å²) in [5.41, 5.74) is 2.12. The lowest BCUT2D eigenvalue weighted by molar-refractivity contribution is 0.271. The Bertz CT molecular complexity index is 662. The van der Waals surface area contributed by atoms with Crippen molar-refractivity contribution < 1.29 is 9.84 Å². The van der Waals surface area contributed by atoms with E-state index >= 15 is 0 Å². The number of nitrogens with zero attached hydrogens (tertiary/aromatic N) is 3. The molecule has 2 aromatic carbocycles. The Labute approximate surface area is 136 Å². The molecule has 3 rings (SSSR count). The van der Waals surface area contributed by atoms with Crippen molar-refractivity contribution in [2.24, 2.45) is 5.10 Å². The van der Waals surface area contributed by atoms with Gasteiger partial charge in [0.15, 0.2) is 0 Å². The summed E-state index contributed by atoms with van der Waals surface area (Å²) < 4.78 is 5.44. The van der Waals surface area contributed by atoms with Crippen molar-refractivity contribution in [3.05, 3.63) is 54.1 Å². The van der Waals surface area contributed by atoms with Gasteiger partial charge in [0, 0.05) is 13.1 Å². The first-order chi connectivity index (χ1) is 11.3. The number of para-hydroxylation sites is 2. The van der Waals surface area contributed by atoms with Crippen molar-refractivity contribution in [2.75, 3.05) is 38.2 Å². The van der Waals surface area contributed by atoms with E-state index in [2.05, 4.69) is 21.1 Å². The average Bonchev–Trinajstić information content (AvgIpc) is 2.62. The van der Waals surface area contributed by atoms with E-state index in [1.54, 1.807) is 19.2 Å². The third-order valence-corrected chi connectivity index (χ3v) is 3.95. The lowest BCUT2D eigenvalue weighted by Gasteiger charge is -2.35. The molecule has 1 aliphatic rings. The molecule has 5 nitrogen and oxygen atoms in total. The average molecular weight is 311 g/mol. The van der Waals surface area contributed by atoms with Gasteiger partial charge >= 0.3 is 0 Å². The largest absolute Gasteiger partial charge is 0.508 e. The monoisotopic (exact) mass is 311 g/mol. The summed E-state index contributed by atoms with van der Waals surface area (Å²) >= 11 is 0. The molecule has 0 aromatic heterocycles. The van der Waals surface area contributed by atoms with Crippen molar-refractivity contribution in [2.45, 2.75) is 0 Å². The van der Waals surface area contributed by atoms with Crippen LogP contribution in [0.25, 0.3) is 0 Å². The lowest BCUT2D eigenvalue weighted by atomic mass is 10.2. The second kappa shape index (κ2) is 7.05. The first-order valence-corrected chi connectivity index (χ1v) is 7.72. The van der Waals surface area contributed by atoms with Gasteiger partial charge in [-0.3, -0.25) is 5.01 Å². The Balaban J connectivity index is 1.59. The van der Waals surface area contributed by atoms with Crippen LogP contribution in [0.15, 0.2) is 53.6 Å². The van der Waals surface area contributed by atoms with Crippen LogP contribution in [0.5, 0.6) is 11.5 Å². The number of aromatic hydroxyl groups is 1. The first-order valence-electron chi connectivity index (χ1n) is 7.72. The van der Waals surface area contributed by atoms with E-state index in [1.807, 2.05) is 36.5 Å². The molecule has 0 saturated carbocycles. The van der Waals surface area contributed by atoms with Gasteiger partial charge < -0.3 is 14.7 Å². The standard InChI is InChI=1S/C18H21N3O2/c1-23-18-5-3-2-4-17(18)20-10-12-21(13-11-20)19-14-15-6-8-16(22)9-7-15/h2-9,14,22H,10-13H2,1H3. The van der Waals surface area contributed by atoms with Crippen LogP contribution in [-0.4, -0.2) is 49.6 Å². The second-order valence-electron chi connectivity index (χ2n) is 5.45. The lowest BCUT2D eigenvalue weighted by Crippen LogP contribution is -2.44. The SMILES string of the molecule is COc1ccccc1N1CCN(N=Cc2ccc(O)cc2)CC1. The molecule has 0 bridgehead atoms. The first kappa shape index (κ1) is 15.2. The second-order valence-corrected chi connectivity index (χ2v) is 5.45. The quantitative estimate of drug-likeness (QED) is 0.882. The summed E-state index contributed by atoms with van der Waals surface area (Å²) in [6.07, 6.45) is 1.83. The zero-order chi connectivity index (χ0) is 16.1. The summed E-state index contributed by atoms with van der Waals surface area (Å²) in [4.78, 5) is 2.32. The zero-order valence-corrected chi connectivity index (χ0v) is 13.2. The third kappa shape index (κ3) is 3.74. The highest BCUT2D eigenvalue weighted by Gasteiger charge is 2.18. The molecular formula is C18H21N3O2. The molecule has 2 aromatic rings. The summed E-state index contributed by atoms with van der Waals surface area (Å²) in [7, 11) is 1.71. The van der Waals surface area contributed by atoms with Crippen LogP contribution < -0.4 is 9.64 Å². The van der Waals surface area contributed by atoms with Crippen molar-refractivity contribution in [1.29, 1.82) is 0 Å². The van der Waals surface area contributed by atoms with Gasteiger partial charge in [0.2, 0.25) is 0 Å². The Morgan fingerprint density at radius 3 is 2.39 bits per heavy atom. The van der Waals surface area contributed by atoms with Gasteiger partial charge in [0.1, 0.15) is 11.5 Å². The molecular weight excluding hydrogens is 290 g/mol. The molecule has 5 heteroatoms. The predicted octanol–water partition coefficient (Wildman–Crippen LogP) is 2.56. The number of methoxy groups -OCH3 is 1. The number of hydrazone groups is 1. The molecule has 0 spiro atoms. The van der Waals surface area contributed by atoms with E-state index in [0.717, 1.165) is 43.2 Å². The maximum Gasteiger partial charge on any atom is 0.142 e. The van der Waals surface area contributed by atoms with Gasteiger partial charge in [-0.05, 0) is 42.0 Å². The summed E-state index contributed by atoms with van der Waals surface area (Å²) in [6, 6.07) is 15.1. The smallest absolute Gasteiger partial charge is 0.142 e. The molecule has 0 unspecified atom stereocenters. The fourth-order valence-corrected chi connectivity index (χ4v) is 2.65. The van der Waals surface area contributed by atoms with Gasteiger partial charge in [0.25, 0.3) is 0 Å². The minimum Gasteiger partial charge on any atom is -0.508 e. The normalized spacial score (nSPS) is 15.2. The summed E-state index contributed by atoms with van der Waals surface area (Å²) in [6.45, 7) is 3.56. The molecule has 0 aliphatic carbocycles. The van der Waals surface area contributed by atoms with Crippen molar-refractivity contribution in [1.82, 2.24) is 5.01 Å². The van der Waals surface area contributed by atoms with E-state index in [1.165, 1.54) is 0 Å². The Morgan fingerprint density at radius 2 is 1.70 bits per heavy atom. The third-order valence-electron chi connectivity index (χ3n) is 3.95. The maximum atomic E-state index is 9.28. The van der Waals surface area contributed by atoms with Crippen LogP contribution in [0.2, 0.25) is 0 Å². The van der Waals surface area contributed by atoms with Crippen LogP contribution in [0.4, 0.5) is 5.69 Å². The topological polar surface area (TPSA) is 48.3 Å². The van der Waals surface area contributed by atoms with E-state index in [-0.39, 0.29) is 5.75 Å². The Morgan fingerprint density at radius 1 is 1.00 bits per heavy atom. The molecule has 1 N–H and O–H groups in total. The number of phenols is 1. The van der Waals surface area contributed by atoms with Gasteiger partial charge in [-0.15, -0.1) is 0 Å². The molecule has 1 saturated heterocycles. The molecule has 1 fully saturated rings. The molecule has 0 radical (unpaired) electrons. The number of rotatable bonds is 4. The number of benzene rings is 2. The van der Waals surface area contributed by atoms with E-state index in [4.69, 9.17) is 4.74 Å². The number of ether oxygens (including phenoxy) is 1. The molecule has 1 aliphatic heterocycles.